The molecule has 6 heteroatoms. The fourth-order valence-corrected chi connectivity index (χ4v) is 3.67. The van der Waals surface area contributed by atoms with Crippen LogP contribution in [0, 0.1) is 5.92 Å². The molecule has 2 N–H and O–H groups in total. The Morgan fingerprint density at radius 3 is 2.61 bits per heavy atom. The Labute approximate surface area is 140 Å². The summed E-state index contributed by atoms with van der Waals surface area (Å²) >= 11 is 0. The first-order valence-electron chi connectivity index (χ1n) is 9.04. The van der Waals surface area contributed by atoms with Gasteiger partial charge in [0.1, 0.15) is 0 Å². The van der Waals surface area contributed by atoms with E-state index in [1.54, 1.807) is 0 Å². The maximum Gasteiger partial charge on any atom is 0.221 e. The lowest BCUT2D eigenvalue weighted by molar-refractivity contribution is -0.122. The number of hydrogen-bond donors (Lipinski definition) is 2. The van der Waals surface area contributed by atoms with Crippen molar-refractivity contribution in [3.05, 3.63) is 0 Å². The maximum absolute atomic E-state index is 12.0. The number of aliphatic hydroxyl groups excluding tert-OH is 1. The molecule has 2 saturated heterocycles. The molecule has 0 saturated carbocycles. The van der Waals surface area contributed by atoms with Crippen LogP contribution in [0.5, 0.6) is 0 Å². The zero-order valence-corrected chi connectivity index (χ0v) is 14.7. The summed E-state index contributed by atoms with van der Waals surface area (Å²) in [6, 6.07) is 0. The van der Waals surface area contributed by atoms with Crippen LogP contribution in [0.1, 0.15) is 33.1 Å². The first kappa shape index (κ1) is 18.6. The van der Waals surface area contributed by atoms with Gasteiger partial charge in [0.05, 0.1) is 12.2 Å². The van der Waals surface area contributed by atoms with Crippen molar-refractivity contribution < 1.29 is 14.6 Å². The van der Waals surface area contributed by atoms with Crippen molar-refractivity contribution in [1.82, 2.24) is 15.1 Å². The first-order chi connectivity index (χ1) is 11.1. The van der Waals surface area contributed by atoms with Crippen molar-refractivity contribution in [3.8, 4) is 0 Å². The van der Waals surface area contributed by atoms with Crippen LogP contribution in [0.2, 0.25) is 0 Å². The minimum Gasteiger partial charge on any atom is -0.396 e. The largest absolute Gasteiger partial charge is 0.396 e. The van der Waals surface area contributed by atoms with Gasteiger partial charge in [-0.05, 0) is 39.2 Å². The normalized spacial score (nSPS) is 30.3. The third-order valence-electron chi connectivity index (χ3n) is 4.76. The second-order valence-electron chi connectivity index (χ2n) is 7.11. The lowest BCUT2D eigenvalue weighted by atomic mass is 9.99. The van der Waals surface area contributed by atoms with Gasteiger partial charge in [0, 0.05) is 52.3 Å². The molecular weight excluding hydrogens is 294 g/mol. The van der Waals surface area contributed by atoms with Gasteiger partial charge >= 0.3 is 0 Å². The molecule has 2 rings (SSSR count). The molecule has 0 aliphatic carbocycles. The van der Waals surface area contributed by atoms with Crippen LogP contribution in [-0.4, -0.2) is 85.4 Å². The summed E-state index contributed by atoms with van der Waals surface area (Å²) in [4.78, 5) is 16.6. The van der Waals surface area contributed by atoms with Crippen LogP contribution in [0.4, 0.5) is 0 Å². The van der Waals surface area contributed by atoms with Crippen LogP contribution in [0.25, 0.3) is 0 Å². The SMILES string of the molecule is C[C@@H]1CN(CCC(=O)NCCN2CCC[C@H](CO)C2)C[C@H](C)O1. The fourth-order valence-electron chi connectivity index (χ4n) is 3.67. The molecule has 0 bridgehead atoms. The quantitative estimate of drug-likeness (QED) is 0.704. The highest BCUT2D eigenvalue weighted by molar-refractivity contribution is 5.76. The summed E-state index contributed by atoms with van der Waals surface area (Å²) in [5.74, 6) is 0.539. The Balaban J connectivity index is 1.56. The van der Waals surface area contributed by atoms with Crippen molar-refractivity contribution in [2.24, 2.45) is 5.92 Å². The van der Waals surface area contributed by atoms with E-state index < -0.39 is 0 Å². The predicted molar refractivity (Wildman–Crippen MR) is 90.3 cm³/mol. The third-order valence-corrected chi connectivity index (χ3v) is 4.76. The Hall–Kier alpha value is -0.690. The number of carbonyl (C=O) groups excluding carboxylic acids is 1. The van der Waals surface area contributed by atoms with E-state index in [0.717, 1.165) is 52.1 Å². The minimum absolute atomic E-state index is 0.132. The van der Waals surface area contributed by atoms with Gasteiger partial charge in [-0.25, -0.2) is 0 Å². The van der Waals surface area contributed by atoms with Gasteiger partial charge in [0.15, 0.2) is 0 Å². The lowest BCUT2D eigenvalue weighted by Crippen LogP contribution is -2.46. The Morgan fingerprint density at radius 2 is 1.91 bits per heavy atom. The van der Waals surface area contributed by atoms with Crippen LogP contribution < -0.4 is 5.32 Å². The molecular formula is C17H33N3O3. The van der Waals surface area contributed by atoms with E-state index >= 15 is 0 Å². The lowest BCUT2D eigenvalue weighted by Gasteiger charge is -2.35. The topological polar surface area (TPSA) is 65.0 Å². The number of likely N-dealkylation sites (tertiary alicyclic amines) is 1. The molecule has 0 aromatic heterocycles. The number of amides is 1. The number of ether oxygens (including phenoxy) is 1. The highest BCUT2D eigenvalue weighted by Gasteiger charge is 2.22. The predicted octanol–water partition coefficient (Wildman–Crippen LogP) is 0.306. The van der Waals surface area contributed by atoms with Gasteiger partial charge in [-0.15, -0.1) is 0 Å². The zero-order chi connectivity index (χ0) is 16.7. The monoisotopic (exact) mass is 327 g/mol. The van der Waals surface area contributed by atoms with Crippen molar-refractivity contribution in [1.29, 1.82) is 0 Å². The third kappa shape index (κ3) is 6.75. The second kappa shape index (κ2) is 9.57. The van der Waals surface area contributed by atoms with Gasteiger partial charge in [-0.3, -0.25) is 9.69 Å². The summed E-state index contributed by atoms with van der Waals surface area (Å²) in [5, 5.41) is 12.3. The van der Waals surface area contributed by atoms with E-state index in [0.29, 0.717) is 18.9 Å². The minimum atomic E-state index is 0.132. The highest BCUT2D eigenvalue weighted by Crippen LogP contribution is 2.15. The van der Waals surface area contributed by atoms with Crippen molar-refractivity contribution in [3.63, 3.8) is 0 Å². The number of aliphatic hydroxyl groups is 1. The van der Waals surface area contributed by atoms with E-state index in [1.807, 2.05) is 0 Å². The van der Waals surface area contributed by atoms with E-state index in [4.69, 9.17) is 4.74 Å². The van der Waals surface area contributed by atoms with Crippen molar-refractivity contribution >= 4 is 5.91 Å². The average Bonchev–Trinajstić information content (AvgIpc) is 2.52. The second-order valence-corrected chi connectivity index (χ2v) is 7.11. The van der Waals surface area contributed by atoms with Gasteiger partial charge in [0.2, 0.25) is 5.91 Å². The summed E-state index contributed by atoms with van der Waals surface area (Å²) in [5.41, 5.74) is 0. The molecule has 0 aromatic carbocycles. The standard InChI is InChI=1S/C17H33N3O3/c1-14-10-20(11-15(2)23-14)8-5-17(22)18-6-9-19-7-3-4-16(12-19)13-21/h14-16,21H,3-13H2,1-2H3,(H,18,22)/t14-,15+,16-/m0/s1. The molecule has 2 fully saturated rings. The maximum atomic E-state index is 12.0. The first-order valence-corrected chi connectivity index (χ1v) is 9.04. The van der Waals surface area contributed by atoms with Gasteiger partial charge < -0.3 is 20.1 Å². The molecule has 2 aliphatic rings. The number of nitrogens with one attached hydrogen (secondary N) is 1. The van der Waals surface area contributed by atoms with Crippen molar-refractivity contribution in [2.45, 2.75) is 45.3 Å². The smallest absolute Gasteiger partial charge is 0.221 e. The van der Waals surface area contributed by atoms with Crippen LogP contribution >= 0.6 is 0 Å². The average molecular weight is 327 g/mol. The number of hydrogen-bond acceptors (Lipinski definition) is 5. The number of piperidine rings is 1. The van der Waals surface area contributed by atoms with Crippen molar-refractivity contribution in [2.75, 3.05) is 52.4 Å². The van der Waals surface area contributed by atoms with Gasteiger partial charge in [0.25, 0.3) is 0 Å². The Morgan fingerprint density at radius 1 is 1.17 bits per heavy atom. The summed E-state index contributed by atoms with van der Waals surface area (Å²) < 4.78 is 5.71. The molecule has 2 heterocycles. The molecule has 1 amide bonds. The summed E-state index contributed by atoms with van der Waals surface area (Å²) in [7, 11) is 0. The summed E-state index contributed by atoms with van der Waals surface area (Å²) in [6.45, 7) is 10.7. The molecule has 0 spiro atoms. The zero-order valence-electron chi connectivity index (χ0n) is 14.7. The summed E-state index contributed by atoms with van der Waals surface area (Å²) in [6.07, 6.45) is 3.32. The van der Waals surface area contributed by atoms with Crippen LogP contribution in [0.3, 0.4) is 0 Å². The van der Waals surface area contributed by atoms with E-state index in [9.17, 15) is 9.90 Å². The number of rotatable bonds is 7. The van der Waals surface area contributed by atoms with E-state index in [2.05, 4.69) is 29.0 Å². The molecule has 0 aromatic rings. The molecule has 134 valence electrons. The number of nitrogens with zero attached hydrogens (tertiary/aromatic N) is 2. The molecule has 23 heavy (non-hydrogen) atoms. The van der Waals surface area contributed by atoms with Gasteiger partial charge in [-0.1, -0.05) is 0 Å². The van der Waals surface area contributed by atoms with Crippen LogP contribution in [0.15, 0.2) is 0 Å². The number of carbonyl (C=O) groups is 1. The molecule has 2 aliphatic heterocycles. The van der Waals surface area contributed by atoms with Crippen LogP contribution in [-0.2, 0) is 9.53 Å². The Bertz CT molecular complexity index is 357. The van der Waals surface area contributed by atoms with E-state index in [1.165, 1.54) is 0 Å². The molecule has 0 radical (unpaired) electrons. The highest BCUT2D eigenvalue weighted by atomic mass is 16.5. The number of morpholine rings is 1. The molecule has 6 nitrogen and oxygen atoms in total. The molecule has 3 atom stereocenters. The molecule has 0 unspecified atom stereocenters. The van der Waals surface area contributed by atoms with E-state index in [-0.39, 0.29) is 24.7 Å². The fraction of sp³-hybridized carbons (Fsp3) is 0.941. The Kier molecular flexibility index (Phi) is 7.76. The van der Waals surface area contributed by atoms with Gasteiger partial charge in [-0.2, -0.15) is 0 Å².